The zero-order chi connectivity index (χ0) is 25.3. The Morgan fingerprint density at radius 2 is 0.824 bits per heavy atom. The predicted octanol–water partition coefficient (Wildman–Crippen LogP) is -7.57. The summed E-state index contributed by atoms with van der Waals surface area (Å²) in [5.74, 6) is 0. The fourth-order valence-corrected chi connectivity index (χ4v) is 4.03. The van der Waals surface area contributed by atoms with Crippen molar-refractivity contribution in [2.45, 2.75) is 92.1 Å². The van der Waals surface area contributed by atoms with Crippen molar-refractivity contribution in [1.82, 2.24) is 0 Å². The van der Waals surface area contributed by atoms with Gasteiger partial charge in [0.05, 0.1) is 19.8 Å². The summed E-state index contributed by atoms with van der Waals surface area (Å²) in [6, 6.07) is 0. The molecule has 0 aromatic heterocycles. The molecule has 3 aliphatic rings. The standard InChI is InChI=1S/C18H32O16/c19-1-4-7(22)10(25)12(27)17(31-4)33-14-9(24)6(3-21)30-16(29)15(14)34-18-13(28)11(26)8(23)5(2-20)32-18/h4-29H,1-3H2/t4-,5-,6-,7-,8-,9+,10+,11+,12+,13-,14+,15-,16-,17-,18+/m1/s1. The van der Waals surface area contributed by atoms with Gasteiger partial charge in [0.1, 0.15) is 73.2 Å². The number of aliphatic hydroxyl groups is 11. The summed E-state index contributed by atoms with van der Waals surface area (Å²) in [7, 11) is 0. The Kier molecular flexibility index (Phi) is 9.54. The summed E-state index contributed by atoms with van der Waals surface area (Å²) in [5, 5.41) is 109. The number of ether oxygens (including phenoxy) is 5. The fraction of sp³-hybridized carbons (Fsp3) is 1.00. The molecule has 0 aromatic carbocycles. The van der Waals surface area contributed by atoms with Gasteiger partial charge in [-0.1, -0.05) is 0 Å². The first-order chi connectivity index (χ1) is 16.0. The molecular formula is C18H32O16. The van der Waals surface area contributed by atoms with Crippen LogP contribution in [0.3, 0.4) is 0 Å². The molecule has 3 saturated heterocycles. The van der Waals surface area contributed by atoms with Crippen molar-refractivity contribution in [2.24, 2.45) is 0 Å². The Morgan fingerprint density at radius 3 is 1.24 bits per heavy atom. The highest BCUT2D eigenvalue weighted by molar-refractivity contribution is 4.96. The molecule has 34 heavy (non-hydrogen) atoms. The van der Waals surface area contributed by atoms with Crippen molar-refractivity contribution < 1.29 is 79.9 Å². The second-order valence-corrected chi connectivity index (χ2v) is 8.33. The molecule has 3 rings (SSSR count). The topological polar surface area (TPSA) is 269 Å². The first-order valence-electron chi connectivity index (χ1n) is 10.6. The molecule has 200 valence electrons. The Hall–Kier alpha value is -0.640. The van der Waals surface area contributed by atoms with E-state index in [0.29, 0.717) is 0 Å². The summed E-state index contributed by atoms with van der Waals surface area (Å²) in [4.78, 5) is 0. The molecule has 0 unspecified atom stereocenters. The average Bonchev–Trinajstić information content (AvgIpc) is 2.83. The van der Waals surface area contributed by atoms with E-state index in [9.17, 15) is 56.2 Å². The van der Waals surface area contributed by atoms with Crippen molar-refractivity contribution in [3.63, 3.8) is 0 Å². The third-order valence-electron chi connectivity index (χ3n) is 6.10. The van der Waals surface area contributed by atoms with E-state index in [2.05, 4.69) is 0 Å². The molecule has 15 atom stereocenters. The molecule has 0 bridgehead atoms. The van der Waals surface area contributed by atoms with E-state index in [4.69, 9.17) is 23.7 Å². The lowest BCUT2D eigenvalue weighted by molar-refractivity contribution is -0.387. The highest BCUT2D eigenvalue weighted by Crippen LogP contribution is 2.32. The smallest absolute Gasteiger partial charge is 0.187 e. The van der Waals surface area contributed by atoms with Gasteiger partial charge in [-0.2, -0.15) is 0 Å². The van der Waals surface area contributed by atoms with Gasteiger partial charge in [-0.3, -0.25) is 0 Å². The van der Waals surface area contributed by atoms with E-state index < -0.39 is 112 Å². The molecule has 0 amide bonds. The van der Waals surface area contributed by atoms with Gasteiger partial charge in [-0.05, 0) is 0 Å². The van der Waals surface area contributed by atoms with Gasteiger partial charge in [0.2, 0.25) is 0 Å². The van der Waals surface area contributed by atoms with Crippen LogP contribution in [0.25, 0.3) is 0 Å². The van der Waals surface area contributed by atoms with Crippen LogP contribution in [0.15, 0.2) is 0 Å². The number of aliphatic hydroxyl groups excluding tert-OH is 11. The van der Waals surface area contributed by atoms with Gasteiger partial charge in [0, 0.05) is 0 Å². The van der Waals surface area contributed by atoms with Crippen LogP contribution < -0.4 is 0 Å². The summed E-state index contributed by atoms with van der Waals surface area (Å²) in [5.41, 5.74) is 0. The van der Waals surface area contributed by atoms with Crippen LogP contribution >= 0.6 is 0 Å². The third kappa shape index (κ3) is 5.37. The van der Waals surface area contributed by atoms with Crippen LogP contribution in [0.5, 0.6) is 0 Å². The molecular weight excluding hydrogens is 472 g/mol. The van der Waals surface area contributed by atoms with Crippen molar-refractivity contribution in [3.8, 4) is 0 Å². The van der Waals surface area contributed by atoms with Crippen molar-refractivity contribution in [2.75, 3.05) is 19.8 Å². The second kappa shape index (κ2) is 11.6. The predicted molar refractivity (Wildman–Crippen MR) is 101 cm³/mol. The van der Waals surface area contributed by atoms with E-state index >= 15 is 0 Å². The Bertz CT molecular complexity index is 637. The van der Waals surface area contributed by atoms with Crippen LogP contribution in [0.2, 0.25) is 0 Å². The van der Waals surface area contributed by atoms with Crippen molar-refractivity contribution in [3.05, 3.63) is 0 Å². The second-order valence-electron chi connectivity index (χ2n) is 8.33. The fourth-order valence-electron chi connectivity index (χ4n) is 4.03. The molecule has 3 fully saturated rings. The van der Waals surface area contributed by atoms with Crippen LogP contribution in [0.1, 0.15) is 0 Å². The highest BCUT2D eigenvalue weighted by atomic mass is 16.8. The molecule has 3 heterocycles. The first-order valence-corrected chi connectivity index (χ1v) is 10.6. The molecule has 3 aliphatic heterocycles. The largest absolute Gasteiger partial charge is 0.394 e. The van der Waals surface area contributed by atoms with E-state index in [1.165, 1.54) is 0 Å². The van der Waals surface area contributed by atoms with Crippen LogP contribution in [0, 0.1) is 0 Å². The van der Waals surface area contributed by atoms with Crippen LogP contribution in [-0.2, 0) is 23.7 Å². The molecule has 11 N–H and O–H groups in total. The summed E-state index contributed by atoms with van der Waals surface area (Å²) in [6.07, 6.45) is -25.6. The molecule has 0 saturated carbocycles. The molecule has 0 aromatic rings. The van der Waals surface area contributed by atoms with Gasteiger partial charge in [0.15, 0.2) is 18.9 Å². The third-order valence-corrected chi connectivity index (χ3v) is 6.10. The Balaban J connectivity index is 1.83. The molecule has 16 heteroatoms. The maximum absolute atomic E-state index is 10.6. The monoisotopic (exact) mass is 504 g/mol. The van der Waals surface area contributed by atoms with E-state index in [0.717, 1.165) is 0 Å². The quantitative estimate of drug-likeness (QED) is 0.154. The summed E-state index contributed by atoms with van der Waals surface area (Å²) in [6.45, 7) is -2.33. The minimum Gasteiger partial charge on any atom is -0.394 e. The first kappa shape index (κ1) is 27.9. The van der Waals surface area contributed by atoms with Crippen LogP contribution in [-0.4, -0.2) is 168 Å². The summed E-state index contributed by atoms with van der Waals surface area (Å²) >= 11 is 0. The van der Waals surface area contributed by atoms with E-state index in [-0.39, 0.29) is 0 Å². The van der Waals surface area contributed by atoms with E-state index in [1.54, 1.807) is 0 Å². The maximum Gasteiger partial charge on any atom is 0.187 e. The minimum absolute atomic E-state index is 0.769. The van der Waals surface area contributed by atoms with Gasteiger partial charge < -0.3 is 79.9 Å². The number of rotatable bonds is 7. The molecule has 0 aliphatic carbocycles. The normalized spacial score (nSPS) is 52.5. The average molecular weight is 504 g/mol. The van der Waals surface area contributed by atoms with Gasteiger partial charge in [-0.15, -0.1) is 0 Å². The Morgan fingerprint density at radius 1 is 0.441 bits per heavy atom. The minimum atomic E-state index is -1.94. The lowest BCUT2D eigenvalue weighted by Gasteiger charge is -2.48. The van der Waals surface area contributed by atoms with Gasteiger partial charge in [-0.25, -0.2) is 0 Å². The van der Waals surface area contributed by atoms with Gasteiger partial charge >= 0.3 is 0 Å². The van der Waals surface area contributed by atoms with Gasteiger partial charge in [0.25, 0.3) is 0 Å². The zero-order valence-corrected chi connectivity index (χ0v) is 17.7. The SMILES string of the molecule is OC[C@H]1O[C@@H](O)[C@H](O[C@@H]2O[C@H](CO)[C@@H](O)[C@H](O)[C@H]2O)[C@@H](O[C@H]2O[C@H](CO)[C@@H](O)[C@H](O)[C@@H]2O)[C@H]1O. The number of hydrogen-bond acceptors (Lipinski definition) is 16. The highest BCUT2D eigenvalue weighted by Gasteiger charge is 2.53. The number of hydrogen-bond donors (Lipinski definition) is 11. The molecule has 16 nitrogen and oxygen atoms in total. The van der Waals surface area contributed by atoms with Crippen molar-refractivity contribution in [1.29, 1.82) is 0 Å². The summed E-state index contributed by atoms with van der Waals surface area (Å²) < 4.78 is 26.5. The maximum atomic E-state index is 10.6. The lowest BCUT2D eigenvalue weighted by atomic mass is 9.96. The van der Waals surface area contributed by atoms with E-state index in [1.807, 2.05) is 0 Å². The Labute approximate surface area is 192 Å². The lowest BCUT2D eigenvalue weighted by Crippen LogP contribution is -2.67. The zero-order valence-electron chi connectivity index (χ0n) is 17.7. The molecule has 0 radical (unpaired) electrons. The molecule has 0 spiro atoms. The van der Waals surface area contributed by atoms with Crippen LogP contribution in [0.4, 0.5) is 0 Å². The van der Waals surface area contributed by atoms with Crippen molar-refractivity contribution >= 4 is 0 Å².